The van der Waals surface area contributed by atoms with Gasteiger partial charge in [-0.3, -0.25) is 0 Å². The molecule has 15 heavy (non-hydrogen) atoms. The van der Waals surface area contributed by atoms with E-state index < -0.39 is 0 Å². The first-order valence-electron chi connectivity index (χ1n) is 5.34. The van der Waals surface area contributed by atoms with Crippen LogP contribution >= 0.6 is 7.92 Å². The fourth-order valence-corrected chi connectivity index (χ4v) is 5.29. The van der Waals surface area contributed by atoms with Crippen molar-refractivity contribution in [3.8, 4) is 0 Å². The summed E-state index contributed by atoms with van der Waals surface area (Å²) in [5, 5.41) is 10.5. The molecule has 0 radical (unpaired) electrons. The molecule has 1 heterocycles. The van der Waals surface area contributed by atoms with Crippen LogP contribution in [0.2, 0.25) is 0 Å². The molecule has 0 spiro atoms. The highest BCUT2D eigenvalue weighted by Gasteiger charge is 2.26. The fraction of sp³-hybridized carbons (Fsp3) is 0.500. The van der Waals surface area contributed by atoms with Gasteiger partial charge in [-0.05, 0) is 36.4 Å². The first-order chi connectivity index (χ1) is 6.92. The second-order valence-corrected chi connectivity index (χ2v) is 6.47. The Bertz CT molecular complexity index is 278. The van der Waals surface area contributed by atoms with Crippen molar-refractivity contribution in [2.45, 2.75) is 24.9 Å². The Morgan fingerprint density at radius 3 is 2.67 bits per heavy atom. The van der Waals surface area contributed by atoms with Gasteiger partial charge in [-0.2, -0.15) is 0 Å². The first-order valence-corrected chi connectivity index (χ1v) is 6.94. The summed E-state index contributed by atoms with van der Waals surface area (Å²) in [7, 11) is 0.0305. The van der Waals surface area contributed by atoms with E-state index in [4.69, 9.17) is 5.11 Å². The van der Waals surface area contributed by atoms with E-state index >= 15 is 0 Å². The Kier molecular flexibility index (Phi) is 5.35. The minimum Gasteiger partial charge on any atom is -0.396 e. The van der Waals surface area contributed by atoms with Crippen LogP contribution < -0.4 is 5.30 Å². The van der Waals surface area contributed by atoms with E-state index in [1.807, 2.05) is 0 Å². The summed E-state index contributed by atoms with van der Waals surface area (Å²) in [6.07, 6.45) is 5.04. The van der Waals surface area contributed by atoms with Crippen LogP contribution in [-0.2, 0) is 0 Å². The second kappa shape index (κ2) is 6.30. The van der Waals surface area contributed by atoms with Crippen molar-refractivity contribution < 1.29 is 5.11 Å². The molecule has 0 saturated carbocycles. The zero-order valence-electron chi connectivity index (χ0n) is 8.39. The molecule has 2 atom stereocenters. The van der Waals surface area contributed by atoms with E-state index in [1.165, 1.54) is 24.3 Å². The smallest absolute Gasteiger partial charge is 0.0814 e. The predicted octanol–water partition coefficient (Wildman–Crippen LogP) is 1.15. The van der Waals surface area contributed by atoms with Gasteiger partial charge in [0.1, 0.15) is 0 Å². The minimum absolute atomic E-state index is 0. The zero-order valence-corrected chi connectivity index (χ0v) is 9.29. The first kappa shape index (κ1) is 12.7. The molecule has 1 N–H and O–H groups in total. The van der Waals surface area contributed by atoms with Crippen molar-refractivity contribution in [1.29, 1.82) is 0 Å². The number of rotatable bonds is 3. The molecule has 1 saturated heterocycles. The fourth-order valence-electron chi connectivity index (χ4n) is 2.24. The van der Waals surface area contributed by atoms with Crippen LogP contribution in [0.1, 0.15) is 19.3 Å². The topological polar surface area (TPSA) is 20.2 Å². The molecular formula is C12H20BOP. The van der Waals surface area contributed by atoms with E-state index in [0.29, 0.717) is 6.61 Å². The molecule has 1 aliphatic rings. The average molecular weight is 222 g/mol. The molecule has 1 aliphatic heterocycles. The molecule has 1 nitrogen and oxygen atoms in total. The van der Waals surface area contributed by atoms with E-state index in [0.717, 1.165) is 12.1 Å². The van der Waals surface area contributed by atoms with Crippen molar-refractivity contribution in [1.82, 2.24) is 0 Å². The van der Waals surface area contributed by atoms with Gasteiger partial charge in [-0.15, -0.1) is 0 Å². The molecule has 0 aromatic heterocycles. The third-order valence-electron chi connectivity index (χ3n) is 2.93. The van der Waals surface area contributed by atoms with Crippen LogP contribution in [0.5, 0.6) is 0 Å². The highest BCUT2D eigenvalue weighted by molar-refractivity contribution is 7.66. The average Bonchev–Trinajstić information content (AvgIpc) is 2.68. The van der Waals surface area contributed by atoms with Gasteiger partial charge in [0.15, 0.2) is 0 Å². The lowest BCUT2D eigenvalue weighted by Crippen LogP contribution is -2.10. The quantitative estimate of drug-likeness (QED) is 0.600. The Morgan fingerprint density at radius 2 is 2.00 bits per heavy atom. The molecular weight excluding hydrogens is 202 g/mol. The van der Waals surface area contributed by atoms with E-state index in [2.05, 4.69) is 30.3 Å². The van der Waals surface area contributed by atoms with Gasteiger partial charge >= 0.3 is 0 Å². The normalized spacial score (nSPS) is 24.9. The summed E-state index contributed by atoms with van der Waals surface area (Å²) in [6, 6.07) is 10.8. The summed E-state index contributed by atoms with van der Waals surface area (Å²) >= 11 is 0. The second-order valence-electron chi connectivity index (χ2n) is 3.84. The minimum atomic E-state index is 0. The molecule has 82 valence electrons. The van der Waals surface area contributed by atoms with Gasteiger partial charge < -0.3 is 5.11 Å². The SMILES string of the molecule is B.OCCC1CCCP1c1ccccc1. The summed E-state index contributed by atoms with van der Waals surface area (Å²) in [5.74, 6) is 0. The van der Waals surface area contributed by atoms with Crippen molar-refractivity contribution in [3.05, 3.63) is 30.3 Å². The van der Waals surface area contributed by atoms with Gasteiger partial charge in [0.05, 0.1) is 8.41 Å². The maximum atomic E-state index is 9.00. The van der Waals surface area contributed by atoms with Gasteiger partial charge in [0, 0.05) is 6.61 Å². The number of aliphatic hydroxyl groups is 1. The third kappa shape index (κ3) is 3.06. The summed E-state index contributed by atoms with van der Waals surface area (Å²) in [5.41, 5.74) is 0.775. The standard InChI is InChI=1S/C12H17OP.BH3/c13-9-8-12-7-4-10-14(12)11-5-2-1-3-6-11;/h1-3,5-6,12-13H,4,7-10H2;1H3. The number of hydrogen-bond donors (Lipinski definition) is 1. The molecule has 0 bridgehead atoms. The number of aliphatic hydroxyl groups excluding tert-OH is 1. The molecule has 0 amide bonds. The molecule has 2 rings (SSSR count). The van der Waals surface area contributed by atoms with E-state index in [-0.39, 0.29) is 16.3 Å². The third-order valence-corrected chi connectivity index (χ3v) is 6.08. The van der Waals surface area contributed by atoms with Crippen LogP contribution in [0, 0.1) is 0 Å². The molecule has 3 heteroatoms. The predicted molar refractivity (Wildman–Crippen MR) is 72.5 cm³/mol. The lowest BCUT2D eigenvalue weighted by atomic mass is 10.2. The van der Waals surface area contributed by atoms with Gasteiger partial charge in [-0.1, -0.05) is 38.3 Å². The number of hydrogen-bond acceptors (Lipinski definition) is 1. The van der Waals surface area contributed by atoms with Crippen molar-refractivity contribution in [3.63, 3.8) is 0 Å². The Labute approximate surface area is 95.2 Å². The maximum absolute atomic E-state index is 9.00. The molecule has 1 aromatic rings. The van der Waals surface area contributed by atoms with E-state index in [9.17, 15) is 0 Å². The molecule has 0 aliphatic carbocycles. The van der Waals surface area contributed by atoms with Gasteiger partial charge in [0.2, 0.25) is 0 Å². The monoisotopic (exact) mass is 222 g/mol. The summed E-state index contributed by atoms with van der Waals surface area (Å²) in [6.45, 7) is 0.357. The van der Waals surface area contributed by atoms with Crippen LogP contribution in [0.15, 0.2) is 30.3 Å². The van der Waals surface area contributed by atoms with Crippen LogP contribution in [0.4, 0.5) is 0 Å². The highest BCUT2D eigenvalue weighted by atomic mass is 31.1. The van der Waals surface area contributed by atoms with Crippen molar-refractivity contribution in [2.75, 3.05) is 12.8 Å². The lowest BCUT2D eigenvalue weighted by molar-refractivity contribution is 0.286. The van der Waals surface area contributed by atoms with Gasteiger partial charge in [-0.25, -0.2) is 0 Å². The van der Waals surface area contributed by atoms with Crippen LogP contribution in [-0.4, -0.2) is 31.9 Å². The summed E-state index contributed by atoms with van der Waals surface area (Å²) < 4.78 is 0. The largest absolute Gasteiger partial charge is 0.396 e. The lowest BCUT2D eigenvalue weighted by Gasteiger charge is -2.19. The Hall–Kier alpha value is -0.325. The maximum Gasteiger partial charge on any atom is 0.0814 e. The molecule has 1 fully saturated rings. The van der Waals surface area contributed by atoms with Crippen LogP contribution in [0.3, 0.4) is 0 Å². The summed E-state index contributed by atoms with van der Waals surface area (Å²) in [4.78, 5) is 0. The van der Waals surface area contributed by atoms with Gasteiger partial charge in [0.25, 0.3) is 0 Å². The van der Waals surface area contributed by atoms with Crippen LogP contribution in [0.25, 0.3) is 0 Å². The molecule has 2 unspecified atom stereocenters. The van der Waals surface area contributed by atoms with Crippen molar-refractivity contribution in [2.24, 2.45) is 0 Å². The van der Waals surface area contributed by atoms with E-state index in [1.54, 1.807) is 0 Å². The number of benzene rings is 1. The molecule has 1 aromatic carbocycles. The Morgan fingerprint density at radius 1 is 1.27 bits per heavy atom. The Balaban J connectivity index is 0.00000112. The highest BCUT2D eigenvalue weighted by Crippen LogP contribution is 2.50. The van der Waals surface area contributed by atoms with Crippen molar-refractivity contribution >= 4 is 21.6 Å². The zero-order chi connectivity index (χ0) is 9.80.